The predicted molar refractivity (Wildman–Crippen MR) is 105 cm³/mol. The van der Waals surface area contributed by atoms with Gasteiger partial charge in [0.25, 0.3) is 0 Å². The molecule has 0 spiro atoms. The largest absolute Gasteiger partial charge is 0.489 e. The molecule has 0 atom stereocenters. The molecule has 1 N–H and O–H groups in total. The van der Waals surface area contributed by atoms with Crippen molar-refractivity contribution in [3.05, 3.63) is 95.1 Å². The highest BCUT2D eigenvalue weighted by Gasteiger charge is 2.19. The Morgan fingerprint density at radius 3 is 1.96 bits per heavy atom. The maximum Gasteiger partial charge on any atom is 0.339 e. The Labute approximate surface area is 163 Å². The summed E-state index contributed by atoms with van der Waals surface area (Å²) in [7, 11) is 0. The van der Waals surface area contributed by atoms with Crippen molar-refractivity contribution in [2.24, 2.45) is 0 Å². The van der Waals surface area contributed by atoms with Gasteiger partial charge in [-0.3, -0.25) is 0 Å². The molecule has 0 unspecified atom stereocenters. The lowest BCUT2D eigenvalue weighted by Gasteiger charge is -2.16. The van der Waals surface area contributed by atoms with Gasteiger partial charge in [0, 0.05) is 12.0 Å². The number of aldehydes is 1. The number of ether oxygens (including phenoxy) is 2. The molecule has 0 heterocycles. The van der Waals surface area contributed by atoms with Gasteiger partial charge in [-0.1, -0.05) is 60.7 Å². The van der Waals surface area contributed by atoms with E-state index in [1.165, 1.54) is 6.07 Å². The molecule has 0 aliphatic rings. The number of benzene rings is 3. The van der Waals surface area contributed by atoms with Gasteiger partial charge in [-0.2, -0.15) is 0 Å². The number of carboxylic acid groups (broad SMARTS) is 1. The molecular formula is C23H20O5. The van der Waals surface area contributed by atoms with Gasteiger partial charge in [-0.05, 0) is 23.3 Å². The zero-order valence-electron chi connectivity index (χ0n) is 15.2. The summed E-state index contributed by atoms with van der Waals surface area (Å²) in [5, 5.41) is 9.64. The molecule has 3 aromatic carbocycles. The third-order valence-corrected chi connectivity index (χ3v) is 4.15. The van der Waals surface area contributed by atoms with Crippen LogP contribution in [0.5, 0.6) is 11.5 Å². The summed E-state index contributed by atoms with van der Waals surface area (Å²) in [5.74, 6) is -0.568. The van der Waals surface area contributed by atoms with E-state index in [2.05, 4.69) is 0 Å². The standard InChI is InChI=1S/C23H20O5/c24-12-11-19-13-20(27-15-17-7-3-1-4-8-17)14-21(23(25)26)22(19)28-16-18-9-5-2-6-10-18/h1-10,12-14H,11,15-16H2,(H,25,26). The summed E-state index contributed by atoms with van der Waals surface area (Å²) < 4.78 is 11.5. The van der Waals surface area contributed by atoms with Gasteiger partial charge in [0.05, 0.1) is 0 Å². The number of hydrogen-bond donors (Lipinski definition) is 1. The van der Waals surface area contributed by atoms with Gasteiger partial charge < -0.3 is 19.4 Å². The second-order valence-corrected chi connectivity index (χ2v) is 6.18. The molecule has 0 bridgehead atoms. The van der Waals surface area contributed by atoms with Gasteiger partial charge in [0.15, 0.2) is 0 Å². The Bertz CT molecular complexity index is 936. The first-order valence-corrected chi connectivity index (χ1v) is 8.84. The fourth-order valence-electron chi connectivity index (χ4n) is 2.78. The van der Waals surface area contributed by atoms with E-state index in [0.717, 1.165) is 17.4 Å². The first-order chi connectivity index (χ1) is 13.7. The quantitative estimate of drug-likeness (QED) is 0.564. The zero-order chi connectivity index (χ0) is 19.8. The van der Waals surface area contributed by atoms with E-state index < -0.39 is 5.97 Å². The summed E-state index contributed by atoms with van der Waals surface area (Å²) in [6, 6.07) is 22.1. The van der Waals surface area contributed by atoms with Crippen LogP contribution in [0.2, 0.25) is 0 Å². The average molecular weight is 376 g/mol. The molecule has 3 rings (SSSR count). The molecule has 0 saturated carbocycles. The van der Waals surface area contributed by atoms with Gasteiger partial charge in [-0.15, -0.1) is 0 Å². The molecule has 0 radical (unpaired) electrons. The van der Waals surface area contributed by atoms with E-state index in [9.17, 15) is 14.7 Å². The van der Waals surface area contributed by atoms with Crippen molar-refractivity contribution in [2.75, 3.05) is 0 Å². The monoisotopic (exact) mass is 376 g/mol. The van der Waals surface area contributed by atoms with Crippen molar-refractivity contribution in [2.45, 2.75) is 19.6 Å². The van der Waals surface area contributed by atoms with Crippen LogP contribution in [0.15, 0.2) is 72.8 Å². The average Bonchev–Trinajstić information content (AvgIpc) is 2.72. The summed E-state index contributed by atoms with van der Waals surface area (Å²) in [4.78, 5) is 22.9. The topological polar surface area (TPSA) is 72.8 Å². The molecule has 3 aromatic rings. The summed E-state index contributed by atoms with van der Waals surface area (Å²) in [6.07, 6.45) is 0.754. The van der Waals surface area contributed by atoms with Crippen LogP contribution in [0.4, 0.5) is 0 Å². The fraction of sp³-hybridized carbons (Fsp3) is 0.130. The van der Waals surface area contributed by atoms with Crippen LogP contribution in [-0.2, 0) is 24.4 Å². The molecule has 0 aliphatic carbocycles. The number of hydrogen-bond acceptors (Lipinski definition) is 4. The second-order valence-electron chi connectivity index (χ2n) is 6.18. The maximum absolute atomic E-state index is 11.8. The van der Waals surface area contributed by atoms with E-state index in [1.54, 1.807) is 6.07 Å². The first kappa shape index (κ1) is 19.2. The van der Waals surface area contributed by atoms with Crippen LogP contribution in [0.3, 0.4) is 0 Å². The number of aromatic carboxylic acids is 1. The first-order valence-electron chi connectivity index (χ1n) is 8.84. The highest BCUT2D eigenvalue weighted by atomic mass is 16.5. The number of carbonyl (C=O) groups is 2. The van der Waals surface area contributed by atoms with Crippen LogP contribution in [0, 0.1) is 0 Å². The van der Waals surface area contributed by atoms with Gasteiger partial charge in [-0.25, -0.2) is 4.79 Å². The third kappa shape index (κ3) is 4.98. The highest BCUT2D eigenvalue weighted by molar-refractivity contribution is 5.92. The number of rotatable bonds is 9. The minimum atomic E-state index is -1.14. The normalized spacial score (nSPS) is 10.3. The van der Waals surface area contributed by atoms with E-state index in [-0.39, 0.29) is 24.3 Å². The minimum Gasteiger partial charge on any atom is -0.489 e. The fourth-order valence-corrected chi connectivity index (χ4v) is 2.78. The Morgan fingerprint density at radius 1 is 0.857 bits per heavy atom. The molecule has 0 saturated heterocycles. The Balaban J connectivity index is 1.87. The Morgan fingerprint density at radius 2 is 1.43 bits per heavy atom. The maximum atomic E-state index is 11.8. The number of carboxylic acids is 1. The lowest BCUT2D eigenvalue weighted by molar-refractivity contribution is -0.107. The van der Waals surface area contributed by atoms with Gasteiger partial charge in [0.2, 0.25) is 0 Å². The smallest absolute Gasteiger partial charge is 0.339 e. The molecule has 28 heavy (non-hydrogen) atoms. The molecule has 142 valence electrons. The molecular weight excluding hydrogens is 356 g/mol. The Hall–Kier alpha value is -3.60. The lowest BCUT2D eigenvalue weighted by atomic mass is 10.1. The van der Waals surface area contributed by atoms with Crippen molar-refractivity contribution in [1.82, 2.24) is 0 Å². The lowest BCUT2D eigenvalue weighted by Crippen LogP contribution is -2.08. The van der Waals surface area contributed by atoms with Crippen LogP contribution in [0.25, 0.3) is 0 Å². The van der Waals surface area contributed by atoms with Crippen molar-refractivity contribution in [3.63, 3.8) is 0 Å². The summed E-state index contributed by atoms with van der Waals surface area (Å²) >= 11 is 0. The highest BCUT2D eigenvalue weighted by Crippen LogP contribution is 2.31. The van der Waals surface area contributed by atoms with Crippen molar-refractivity contribution in [1.29, 1.82) is 0 Å². The Kier molecular flexibility index (Phi) is 6.41. The predicted octanol–water partition coefficient (Wildman–Crippen LogP) is 4.28. The zero-order valence-corrected chi connectivity index (χ0v) is 15.2. The van der Waals surface area contributed by atoms with E-state index in [0.29, 0.717) is 17.9 Å². The van der Waals surface area contributed by atoms with E-state index in [4.69, 9.17) is 9.47 Å². The summed E-state index contributed by atoms with van der Waals surface area (Å²) in [6.45, 7) is 0.502. The van der Waals surface area contributed by atoms with Crippen molar-refractivity contribution >= 4 is 12.3 Å². The van der Waals surface area contributed by atoms with Gasteiger partial charge in [0.1, 0.15) is 36.6 Å². The second kappa shape index (κ2) is 9.37. The molecule has 0 aliphatic heterocycles. The van der Waals surface area contributed by atoms with Crippen LogP contribution in [-0.4, -0.2) is 17.4 Å². The minimum absolute atomic E-state index is 0.0293. The van der Waals surface area contributed by atoms with E-state index in [1.807, 2.05) is 60.7 Å². The summed E-state index contributed by atoms with van der Waals surface area (Å²) in [5.41, 5.74) is 2.31. The van der Waals surface area contributed by atoms with Gasteiger partial charge >= 0.3 is 5.97 Å². The molecule has 5 heteroatoms. The molecule has 5 nitrogen and oxygen atoms in total. The van der Waals surface area contributed by atoms with Crippen molar-refractivity contribution < 1.29 is 24.2 Å². The SMILES string of the molecule is O=CCc1cc(OCc2ccccc2)cc(C(=O)O)c1OCc1ccccc1. The molecule has 0 fully saturated rings. The van der Waals surface area contributed by atoms with Crippen LogP contribution >= 0.6 is 0 Å². The molecule has 0 aromatic heterocycles. The van der Waals surface area contributed by atoms with Crippen LogP contribution in [0.1, 0.15) is 27.0 Å². The van der Waals surface area contributed by atoms with Crippen LogP contribution < -0.4 is 9.47 Å². The third-order valence-electron chi connectivity index (χ3n) is 4.15. The molecule has 0 amide bonds. The number of carbonyl (C=O) groups excluding carboxylic acids is 1. The van der Waals surface area contributed by atoms with E-state index >= 15 is 0 Å². The van der Waals surface area contributed by atoms with Crippen molar-refractivity contribution in [3.8, 4) is 11.5 Å².